The fourth-order valence-electron chi connectivity index (χ4n) is 1.96. The maximum atomic E-state index is 10.7. The summed E-state index contributed by atoms with van der Waals surface area (Å²) in [6.45, 7) is 4.82. The van der Waals surface area contributed by atoms with Crippen LogP contribution in [0.3, 0.4) is 0 Å². The Labute approximate surface area is 127 Å². The number of pyridine rings is 1. The van der Waals surface area contributed by atoms with Gasteiger partial charge in [-0.3, -0.25) is 9.78 Å². The van der Waals surface area contributed by atoms with Crippen molar-refractivity contribution in [3.8, 4) is 0 Å². The smallest absolute Gasteiger partial charge is 0.313 e. The van der Waals surface area contributed by atoms with Gasteiger partial charge >= 0.3 is 5.97 Å². The molecule has 0 radical (unpaired) electrons. The van der Waals surface area contributed by atoms with Crippen molar-refractivity contribution in [2.75, 3.05) is 5.75 Å². The zero-order chi connectivity index (χ0) is 15.2. The topological polar surface area (TPSA) is 80.9 Å². The Morgan fingerprint density at radius 3 is 2.86 bits per heavy atom. The summed E-state index contributed by atoms with van der Waals surface area (Å²) in [5, 5.41) is 17.8. The molecule has 0 spiro atoms. The highest BCUT2D eigenvalue weighted by atomic mass is 32.2. The third-order valence-corrected chi connectivity index (χ3v) is 3.88. The van der Waals surface area contributed by atoms with Crippen LogP contribution in [0.15, 0.2) is 29.7 Å². The summed E-state index contributed by atoms with van der Waals surface area (Å²) in [5.74, 6) is 0.258. The molecular formula is C14H18N4O2S. The predicted octanol–water partition coefficient (Wildman–Crippen LogP) is 2.22. The number of nitrogens with zero attached hydrogens (tertiary/aromatic N) is 4. The Morgan fingerprint density at radius 1 is 1.43 bits per heavy atom. The molecule has 2 heterocycles. The Balaban J connectivity index is 2.14. The molecule has 0 aliphatic rings. The largest absolute Gasteiger partial charge is 0.481 e. The number of aryl methyl sites for hydroxylation is 1. The minimum Gasteiger partial charge on any atom is -0.481 e. The number of carboxylic acids is 1. The summed E-state index contributed by atoms with van der Waals surface area (Å²) >= 11 is 1.20. The van der Waals surface area contributed by atoms with Gasteiger partial charge in [-0.15, -0.1) is 10.2 Å². The third kappa shape index (κ3) is 4.29. The van der Waals surface area contributed by atoms with Crippen molar-refractivity contribution in [1.29, 1.82) is 0 Å². The number of hydrogen-bond donors (Lipinski definition) is 1. The quantitative estimate of drug-likeness (QED) is 0.790. The second kappa shape index (κ2) is 7.21. The van der Waals surface area contributed by atoms with E-state index in [1.807, 2.05) is 22.9 Å². The molecule has 0 aromatic carbocycles. The maximum Gasteiger partial charge on any atom is 0.313 e. The van der Waals surface area contributed by atoms with Crippen LogP contribution >= 0.6 is 11.8 Å². The first-order chi connectivity index (χ1) is 10.1. The number of carbonyl (C=O) groups is 1. The zero-order valence-electron chi connectivity index (χ0n) is 12.1. The van der Waals surface area contributed by atoms with E-state index < -0.39 is 5.97 Å². The van der Waals surface area contributed by atoms with E-state index in [-0.39, 0.29) is 11.7 Å². The van der Waals surface area contributed by atoms with Crippen LogP contribution < -0.4 is 0 Å². The molecule has 0 fully saturated rings. The Kier molecular flexibility index (Phi) is 5.32. The van der Waals surface area contributed by atoms with E-state index in [4.69, 9.17) is 5.11 Å². The highest BCUT2D eigenvalue weighted by molar-refractivity contribution is 7.99. The highest BCUT2D eigenvalue weighted by Gasteiger charge is 2.16. The summed E-state index contributed by atoms with van der Waals surface area (Å²) in [6, 6.07) is 3.93. The molecule has 2 aromatic heterocycles. The zero-order valence-corrected chi connectivity index (χ0v) is 12.9. The summed E-state index contributed by atoms with van der Waals surface area (Å²) in [4.78, 5) is 14.8. The fourth-order valence-corrected chi connectivity index (χ4v) is 2.65. The monoisotopic (exact) mass is 306 g/mol. The molecule has 112 valence electrons. The molecule has 1 N–H and O–H groups in total. The molecule has 21 heavy (non-hydrogen) atoms. The number of thioether (sulfide) groups is 1. The van der Waals surface area contributed by atoms with E-state index in [2.05, 4.69) is 29.0 Å². The summed E-state index contributed by atoms with van der Waals surface area (Å²) in [6.07, 6.45) is 4.39. The van der Waals surface area contributed by atoms with Crippen LogP contribution in [0.25, 0.3) is 0 Å². The van der Waals surface area contributed by atoms with Crippen molar-refractivity contribution < 1.29 is 9.90 Å². The molecule has 0 unspecified atom stereocenters. The van der Waals surface area contributed by atoms with E-state index in [0.717, 1.165) is 17.8 Å². The molecule has 0 bridgehead atoms. The summed E-state index contributed by atoms with van der Waals surface area (Å²) in [7, 11) is 0. The standard InChI is InChI=1S/C14H18N4O2S/c1-10(2)13-16-17-14(21-9-12(19)20)18(13)7-5-11-4-3-6-15-8-11/h3-4,6,8,10H,5,7,9H2,1-2H3,(H,19,20). The Morgan fingerprint density at radius 2 is 2.24 bits per heavy atom. The minimum absolute atomic E-state index is 0.0108. The lowest BCUT2D eigenvalue weighted by Gasteiger charge is -2.11. The average Bonchev–Trinajstić information content (AvgIpc) is 2.87. The van der Waals surface area contributed by atoms with Crippen LogP contribution in [0.1, 0.15) is 31.2 Å². The van der Waals surface area contributed by atoms with Gasteiger partial charge < -0.3 is 9.67 Å². The normalized spacial score (nSPS) is 11.0. The van der Waals surface area contributed by atoms with Gasteiger partial charge in [0.05, 0.1) is 5.75 Å². The van der Waals surface area contributed by atoms with Crippen molar-refractivity contribution in [3.63, 3.8) is 0 Å². The highest BCUT2D eigenvalue weighted by Crippen LogP contribution is 2.21. The Hall–Kier alpha value is -1.89. The number of rotatable bonds is 7. The second-order valence-corrected chi connectivity index (χ2v) is 5.88. The lowest BCUT2D eigenvalue weighted by Crippen LogP contribution is -2.10. The predicted molar refractivity (Wildman–Crippen MR) is 80.4 cm³/mol. The molecule has 7 heteroatoms. The average molecular weight is 306 g/mol. The molecule has 0 amide bonds. The first-order valence-corrected chi connectivity index (χ1v) is 7.73. The van der Waals surface area contributed by atoms with E-state index in [1.165, 1.54) is 11.8 Å². The van der Waals surface area contributed by atoms with Crippen LogP contribution in [0.5, 0.6) is 0 Å². The van der Waals surface area contributed by atoms with Crippen molar-refractivity contribution in [2.45, 2.75) is 37.9 Å². The lowest BCUT2D eigenvalue weighted by molar-refractivity contribution is -0.133. The molecule has 2 aromatic rings. The third-order valence-electron chi connectivity index (χ3n) is 2.93. The maximum absolute atomic E-state index is 10.7. The van der Waals surface area contributed by atoms with E-state index in [9.17, 15) is 4.79 Å². The van der Waals surface area contributed by atoms with Gasteiger partial charge in [-0.05, 0) is 18.1 Å². The van der Waals surface area contributed by atoms with Gasteiger partial charge in [0, 0.05) is 24.9 Å². The molecule has 0 aliphatic carbocycles. The summed E-state index contributed by atoms with van der Waals surface area (Å²) < 4.78 is 2.01. The Bertz CT molecular complexity index is 598. The first-order valence-electron chi connectivity index (χ1n) is 6.74. The van der Waals surface area contributed by atoms with Crippen LogP contribution in [0.4, 0.5) is 0 Å². The van der Waals surface area contributed by atoms with Crippen molar-refractivity contribution >= 4 is 17.7 Å². The van der Waals surface area contributed by atoms with Gasteiger partial charge in [0.25, 0.3) is 0 Å². The number of aromatic nitrogens is 4. The van der Waals surface area contributed by atoms with Crippen molar-refractivity contribution in [2.24, 2.45) is 0 Å². The van der Waals surface area contributed by atoms with E-state index >= 15 is 0 Å². The summed E-state index contributed by atoms with van der Waals surface area (Å²) in [5.41, 5.74) is 1.13. The van der Waals surface area contributed by atoms with Gasteiger partial charge in [-0.2, -0.15) is 0 Å². The van der Waals surface area contributed by atoms with Crippen LogP contribution in [0.2, 0.25) is 0 Å². The number of carboxylic acid groups (broad SMARTS) is 1. The van der Waals surface area contributed by atoms with Crippen LogP contribution in [0, 0.1) is 0 Å². The first kappa shape index (κ1) is 15.5. The lowest BCUT2D eigenvalue weighted by atomic mass is 10.2. The molecule has 6 nitrogen and oxygen atoms in total. The van der Waals surface area contributed by atoms with Gasteiger partial charge in [0.15, 0.2) is 5.16 Å². The van der Waals surface area contributed by atoms with E-state index in [0.29, 0.717) is 11.7 Å². The number of aliphatic carboxylic acids is 1. The minimum atomic E-state index is -0.854. The van der Waals surface area contributed by atoms with Gasteiger partial charge in [0.1, 0.15) is 5.82 Å². The SMILES string of the molecule is CC(C)c1nnc(SCC(=O)O)n1CCc1cccnc1. The molecule has 0 aliphatic heterocycles. The molecule has 0 saturated heterocycles. The van der Waals surface area contributed by atoms with Gasteiger partial charge in [0.2, 0.25) is 0 Å². The second-order valence-electron chi connectivity index (χ2n) is 4.94. The van der Waals surface area contributed by atoms with Crippen molar-refractivity contribution in [1.82, 2.24) is 19.7 Å². The molecule has 2 rings (SSSR count). The van der Waals surface area contributed by atoms with Gasteiger partial charge in [-0.25, -0.2) is 0 Å². The van der Waals surface area contributed by atoms with Crippen molar-refractivity contribution in [3.05, 3.63) is 35.9 Å². The molecule has 0 saturated carbocycles. The van der Waals surface area contributed by atoms with Gasteiger partial charge in [-0.1, -0.05) is 31.7 Å². The number of hydrogen-bond acceptors (Lipinski definition) is 5. The fraction of sp³-hybridized carbons (Fsp3) is 0.429. The molecule has 0 atom stereocenters. The van der Waals surface area contributed by atoms with Crippen LogP contribution in [-0.2, 0) is 17.8 Å². The van der Waals surface area contributed by atoms with E-state index in [1.54, 1.807) is 6.20 Å². The molecular weight excluding hydrogens is 288 g/mol. The van der Waals surface area contributed by atoms with Crippen LogP contribution in [-0.4, -0.2) is 36.6 Å².